The summed E-state index contributed by atoms with van der Waals surface area (Å²) in [6, 6.07) is 14.2. The Balaban J connectivity index is 1.51. The molecule has 0 atom stereocenters. The fourth-order valence-electron chi connectivity index (χ4n) is 2.62. The minimum atomic E-state index is -0.202. The summed E-state index contributed by atoms with van der Waals surface area (Å²) in [6.07, 6.45) is 0.146. The second-order valence-corrected chi connectivity index (χ2v) is 6.66. The van der Waals surface area contributed by atoms with Crippen LogP contribution >= 0.6 is 23.8 Å². The summed E-state index contributed by atoms with van der Waals surface area (Å²) in [7, 11) is 0. The Morgan fingerprint density at radius 3 is 2.85 bits per heavy atom. The number of rotatable bonds is 7. The Hall–Kier alpha value is -2.64. The highest BCUT2D eigenvalue weighted by atomic mass is 35.5. The predicted octanol–water partition coefficient (Wildman–Crippen LogP) is 3.30. The van der Waals surface area contributed by atoms with Crippen LogP contribution in [0.3, 0.4) is 0 Å². The third-order valence-electron chi connectivity index (χ3n) is 3.94. The number of para-hydroxylation sites is 1. The molecule has 0 saturated heterocycles. The van der Waals surface area contributed by atoms with E-state index in [9.17, 15) is 9.59 Å². The fraction of sp³-hybridized carbons (Fsp3) is 0.211. The quantitative estimate of drug-likeness (QED) is 0.469. The molecule has 0 saturated carbocycles. The van der Waals surface area contributed by atoms with Gasteiger partial charge in [-0.1, -0.05) is 29.8 Å². The number of nitrogens with one attached hydrogen (secondary N) is 2. The van der Waals surface area contributed by atoms with Crippen molar-refractivity contribution in [1.29, 1.82) is 0 Å². The Morgan fingerprint density at radius 1 is 1.22 bits per heavy atom. The van der Waals surface area contributed by atoms with Crippen LogP contribution in [0, 0.1) is 4.77 Å². The molecular formula is C19H18ClN3O3S. The largest absolute Gasteiger partial charge is 0.492 e. The molecule has 0 unspecified atom stereocenters. The van der Waals surface area contributed by atoms with E-state index in [0.29, 0.717) is 39.6 Å². The highest BCUT2D eigenvalue weighted by molar-refractivity contribution is 7.71. The van der Waals surface area contributed by atoms with Crippen LogP contribution in [0.4, 0.5) is 0 Å². The van der Waals surface area contributed by atoms with Crippen LogP contribution in [-0.4, -0.2) is 28.6 Å². The minimum Gasteiger partial charge on any atom is -0.492 e. The summed E-state index contributed by atoms with van der Waals surface area (Å²) in [5, 5.41) is 3.89. The maximum absolute atomic E-state index is 12.5. The van der Waals surface area contributed by atoms with Gasteiger partial charge in [0.2, 0.25) is 5.91 Å². The highest BCUT2D eigenvalue weighted by Crippen LogP contribution is 2.16. The lowest BCUT2D eigenvalue weighted by atomic mass is 10.2. The number of carbonyl (C=O) groups excluding carboxylic acids is 1. The number of halogens is 1. The highest BCUT2D eigenvalue weighted by Gasteiger charge is 2.07. The molecular weight excluding hydrogens is 386 g/mol. The van der Waals surface area contributed by atoms with Crippen molar-refractivity contribution in [2.24, 2.45) is 0 Å². The van der Waals surface area contributed by atoms with Crippen molar-refractivity contribution < 1.29 is 9.53 Å². The second kappa shape index (κ2) is 8.83. The van der Waals surface area contributed by atoms with Crippen molar-refractivity contribution in [2.75, 3.05) is 13.2 Å². The fourth-order valence-corrected chi connectivity index (χ4v) is 3.08. The van der Waals surface area contributed by atoms with E-state index in [0.717, 1.165) is 0 Å². The van der Waals surface area contributed by atoms with Gasteiger partial charge in [-0.25, -0.2) is 0 Å². The third-order valence-corrected chi connectivity index (χ3v) is 4.50. The van der Waals surface area contributed by atoms with Crippen molar-refractivity contribution in [3.8, 4) is 5.75 Å². The summed E-state index contributed by atoms with van der Waals surface area (Å²) >= 11 is 11.1. The number of hydrogen-bond donors (Lipinski definition) is 2. The monoisotopic (exact) mass is 403 g/mol. The van der Waals surface area contributed by atoms with Gasteiger partial charge in [0.25, 0.3) is 5.56 Å². The van der Waals surface area contributed by atoms with Crippen molar-refractivity contribution in [3.05, 3.63) is 68.7 Å². The lowest BCUT2D eigenvalue weighted by molar-refractivity contribution is -0.121. The summed E-state index contributed by atoms with van der Waals surface area (Å²) in [5.74, 6) is 0.463. The molecule has 0 aliphatic carbocycles. The van der Waals surface area contributed by atoms with Gasteiger partial charge in [-0.2, -0.15) is 0 Å². The zero-order valence-electron chi connectivity index (χ0n) is 14.4. The van der Waals surface area contributed by atoms with Crippen LogP contribution in [0.25, 0.3) is 10.9 Å². The molecule has 0 bridgehead atoms. The van der Waals surface area contributed by atoms with Crippen molar-refractivity contribution >= 4 is 40.6 Å². The van der Waals surface area contributed by atoms with Gasteiger partial charge in [-0.05, 0) is 42.5 Å². The molecule has 0 aliphatic rings. The number of carbonyl (C=O) groups is 1. The van der Waals surface area contributed by atoms with E-state index in [1.807, 2.05) is 6.07 Å². The lowest BCUT2D eigenvalue weighted by Gasteiger charge is -2.10. The second-order valence-electron chi connectivity index (χ2n) is 5.84. The molecule has 6 nitrogen and oxygen atoms in total. The molecule has 8 heteroatoms. The van der Waals surface area contributed by atoms with Gasteiger partial charge in [0.05, 0.1) is 17.4 Å². The summed E-state index contributed by atoms with van der Waals surface area (Å²) < 4.78 is 7.21. The summed E-state index contributed by atoms with van der Waals surface area (Å²) in [6.45, 7) is 0.882. The van der Waals surface area contributed by atoms with E-state index in [1.165, 1.54) is 4.57 Å². The Kier molecular flexibility index (Phi) is 6.26. The smallest absolute Gasteiger partial charge is 0.262 e. The molecule has 0 spiro atoms. The van der Waals surface area contributed by atoms with Crippen LogP contribution in [0.15, 0.2) is 53.3 Å². The van der Waals surface area contributed by atoms with Crippen molar-refractivity contribution in [3.63, 3.8) is 0 Å². The maximum atomic E-state index is 12.5. The van der Waals surface area contributed by atoms with Gasteiger partial charge in [0.1, 0.15) is 12.4 Å². The first kappa shape index (κ1) is 19.1. The average molecular weight is 404 g/mol. The number of aromatic amines is 1. The van der Waals surface area contributed by atoms with E-state index in [1.54, 1.807) is 42.5 Å². The van der Waals surface area contributed by atoms with Gasteiger partial charge < -0.3 is 15.0 Å². The molecule has 140 valence electrons. The number of hydrogen-bond acceptors (Lipinski definition) is 4. The van der Waals surface area contributed by atoms with Gasteiger partial charge in [-0.3, -0.25) is 14.2 Å². The van der Waals surface area contributed by atoms with Crippen LogP contribution in [0.5, 0.6) is 5.75 Å². The first-order valence-electron chi connectivity index (χ1n) is 8.41. The minimum absolute atomic E-state index is 0.146. The molecule has 27 heavy (non-hydrogen) atoms. The number of ether oxygens (including phenoxy) is 1. The van der Waals surface area contributed by atoms with Crippen molar-refractivity contribution in [1.82, 2.24) is 14.9 Å². The maximum Gasteiger partial charge on any atom is 0.262 e. The van der Waals surface area contributed by atoms with Crippen LogP contribution in [-0.2, 0) is 11.3 Å². The number of benzene rings is 2. The molecule has 1 amide bonds. The lowest BCUT2D eigenvalue weighted by Crippen LogP contribution is -2.30. The number of nitrogens with zero attached hydrogens (tertiary/aromatic N) is 1. The van der Waals surface area contributed by atoms with Gasteiger partial charge in [0, 0.05) is 18.0 Å². The molecule has 0 aliphatic heterocycles. The molecule has 3 aromatic rings. The Bertz CT molecular complexity index is 1080. The SMILES string of the molecule is O=C(CCn1c(=S)[nH]c2ccccc2c1=O)NCCOc1cccc(Cl)c1. The Labute approximate surface area is 165 Å². The third kappa shape index (κ3) is 4.96. The van der Waals surface area contributed by atoms with E-state index >= 15 is 0 Å². The Morgan fingerprint density at radius 2 is 2.04 bits per heavy atom. The van der Waals surface area contributed by atoms with Gasteiger partial charge >= 0.3 is 0 Å². The molecule has 0 fully saturated rings. The van der Waals surface area contributed by atoms with Crippen LogP contribution in [0.1, 0.15) is 6.42 Å². The predicted molar refractivity (Wildman–Crippen MR) is 108 cm³/mol. The van der Waals surface area contributed by atoms with E-state index in [4.69, 9.17) is 28.6 Å². The number of fused-ring (bicyclic) bond motifs is 1. The number of H-pyrrole nitrogens is 1. The molecule has 1 heterocycles. The first-order valence-corrected chi connectivity index (χ1v) is 9.20. The molecule has 3 rings (SSSR count). The normalized spacial score (nSPS) is 10.7. The standard InChI is InChI=1S/C19H18ClN3O3S/c20-13-4-3-5-14(12-13)26-11-9-21-17(24)8-10-23-18(25)15-6-1-2-7-16(15)22-19(23)27/h1-7,12H,8-11H2,(H,21,24)(H,22,27). The summed E-state index contributed by atoms with van der Waals surface area (Å²) in [4.78, 5) is 27.6. The summed E-state index contributed by atoms with van der Waals surface area (Å²) in [5.41, 5.74) is 0.484. The zero-order valence-corrected chi connectivity index (χ0v) is 16.0. The zero-order chi connectivity index (χ0) is 19.2. The molecule has 2 N–H and O–H groups in total. The van der Waals surface area contributed by atoms with Crippen LogP contribution < -0.4 is 15.6 Å². The first-order chi connectivity index (χ1) is 13.0. The topological polar surface area (TPSA) is 76.1 Å². The van der Waals surface area contributed by atoms with Crippen molar-refractivity contribution in [2.45, 2.75) is 13.0 Å². The molecule has 2 aromatic carbocycles. The molecule has 1 aromatic heterocycles. The van der Waals surface area contributed by atoms with E-state index in [-0.39, 0.29) is 24.4 Å². The van der Waals surface area contributed by atoms with Gasteiger partial charge in [-0.15, -0.1) is 0 Å². The molecule has 0 radical (unpaired) electrons. The van der Waals surface area contributed by atoms with E-state index < -0.39 is 0 Å². The van der Waals surface area contributed by atoms with Gasteiger partial charge in [0.15, 0.2) is 4.77 Å². The van der Waals surface area contributed by atoms with E-state index in [2.05, 4.69) is 10.3 Å². The number of aromatic nitrogens is 2. The number of amides is 1. The average Bonchev–Trinajstić information content (AvgIpc) is 2.65. The van der Waals surface area contributed by atoms with Crippen LogP contribution in [0.2, 0.25) is 5.02 Å².